The van der Waals surface area contributed by atoms with Gasteiger partial charge in [0.15, 0.2) is 0 Å². The highest BCUT2D eigenvalue weighted by atomic mass is 16.5. The van der Waals surface area contributed by atoms with Gasteiger partial charge in [-0.2, -0.15) is 15.0 Å². The van der Waals surface area contributed by atoms with Crippen LogP contribution in [0.2, 0.25) is 0 Å². The zero-order valence-electron chi connectivity index (χ0n) is 10.6. The highest BCUT2D eigenvalue weighted by Gasteiger charge is 2.10. The van der Waals surface area contributed by atoms with Crippen molar-refractivity contribution in [3.63, 3.8) is 0 Å². The molecule has 0 aliphatic carbocycles. The maximum Gasteiger partial charge on any atom is 0.323 e. The zero-order chi connectivity index (χ0) is 12.8. The Hall–Kier alpha value is -2.03. The van der Waals surface area contributed by atoms with Gasteiger partial charge < -0.3 is 14.5 Å². The molecule has 0 aliphatic rings. The van der Waals surface area contributed by atoms with E-state index >= 15 is 0 Å². The molecule has 0 aromatic carbocycles. The first kappa shape index (κ1) is 13.0. The van der Waals surface area contributed by atoms with Gasteiger partial charge in [-0.3, -0.25) is 0 Å². The van der Waals surface area contributed by atoms with E-state index in [1.54, 1.807) is 9.80 Å². The van der Waals surface area contributed by atoms with Crippen molar-refractivity contribution in [3.05, 3.63) is 0 Å². The Balaban J connectivity index is 2.92. The van der Waals surface area contributed by atoms with Gasteiger partial charge in [-0.15, -0.1) is 12.3 Å². The summed E-state index contributed by atoms with van der Waals surface area (Å²) in [6.45, 7) is 0.403. The predicted octanol–water partition coefficient (Wildman–Crippen LogP) is 0.406. The van der Waals surface area contributed by atoms with Crippen molar-refractivity contribution < 1.29 is 4.74 Å². The topological polar surface area (TPSA) is 54.4 Å². The molecule has 0 bridgehead atoms. The van der Waals surface area contributed by atoms with Crippen LogP contribution in [0.15, 0.2) is 0 Å². The number of aromatic nitrogens is 3. The molecule has 0 unspecified atom stereocenters. The van der Waals surface area contributed by atoms with E-state index in [4.69, 9.17) is 11.2 Å². The molecule has 92 valence electrons. The third-order valence-electron chi connectivity index (χ3n) is 1.87. The predicted molar refractivity (Wildman–Crippen MR) is 67.4 cm³/mol. The summed E-state index contributed by atoms with van der Waals surface area (Å²) in [5.41, 5.74) is 0. The fourth-order valence-corrected chi connectivity index (χ4v) is 1.00. The van der Waals surface area contributed by atoms with Gasteiger partial charge in [0.05, 0.1) is 0 Å². The van der Waals surface area contributed by atoms with Crippen molar-refractivity contribution in [2.24, 2.45) is 0 Å². The van der Waals surface area contributed by atoms with Crippen LogP contribution in [0.1, 0.15) is 6.42 Å². The van der Waals surface area contributed by atoms with Crippen molar-refractivity contribution in [1.29, 1.82) is 0 Å². The van der Waals surface area contributed by atoms with Crippen molar-refractivity contribution in [3.8, 4) is 18.4 Å². The number of hydrogen-bond donors (Lipinski definition) is 0. The Kier molecular flexibility index (Phi) is 4.52. The van der Waals surface area contributed by atoms with Crippen LogP contribution in [0.5, 0.6) is 6.01 Å². The third kappa shape index (κ3) is 3.79. The molecule has 0 aliphatic heterocycles. The van der Waals surface area contributed by atoms with E-state index in [-0.39, 0.29) is 0 Å². The average molecular weight is 235 g/mol. The van der Waals surface area contributed by atoms with Gasteiger partial charge in [0.25, 0.3) is 0 Å². The molecular weight excluding hydrogens is 218 g/mol. The molecule has 1 aromatic rings. The van der Waals surface area contributed by atoms with Gasteiger partial charge in [0.2, 0.25) is 11.9 Å². The van der Waals surface area contributed by atoms with Crippen LogP contribution in [0.4, 0.5) is 11.9 Å². The normalized spacial score (nSPS) is 9.59. The van der Waals surface area contributed by atoms with Crippen LogP contribution >= 0.6 is 0 Å². The lowest BCUT2D eigenvalue weighted by atomic mass is 10.5. The second-order valence-corrected chi connectivity index (χ2v) is 3.81. The molecule has 1 heterocycles. The van der Waals surface area contributed by atoms with E-state index in [1.165, 1.54) is 0 Å². The van der Waals surface area contributed by atoms with Crippen molar-refractivity contribution in [2.75, 3.05) is 44.6 Å². The standard InChI is InChI=1S/C11H17N5O/c1-6-7-8-17-11-13-9(15(2)3)12-10(14-11)16(4)5/h1H,7-8H2,2-5H3. The van der Waals surface area contributed by atoms with Crippen LogP contribution in [0.3, 0.4) is 0 Å². The van der Waals surface area contributed by atoms with E-state index in [1.807, 2.05) is 28.2 Å². The van der Waals surface area contributed by atoms with Crippen LogP contribution in [0, 0.1) is 12.3 Å². The Bertz CT molecular complexity index is 385. The quantitative estimate of drug-likeness (QED) is 0.544. The first-order valence-corrected chi connectivity index (χ1v) is 5.21. The van der Waals surface area contributed by atoms with Crippen molar-refractivity contribution >= 4 is 11.9 Å². The molecule has 0 fully saturated rings. The number of ether oxygens (including phenoxy) is 1. The molecule has 0 amide bonds. The molecule has 0 saturated carbocycles. The Labute approximate surface area is 102 Å². The largest absolute Gasteiger partial charge is 0.462 e. The van der Waals surface area contributed by atoms with Crippen molar-refractivity contribution in [2.45, 2.75) is 6.42 Å². The summed E-state index contributed by atoms with van der Waals surface area (Å²) in [5.74, 6) is 3.61. The van der Waals surface area contributed by atoms with Crippen LogP contribution in [0.25, 0.3) is 0 Å². The van der Waals surface area contributed by atoms with E-state index < -0.39 is 0 Å². The molecule has 0 atom stereocenters. The molecule has 1 aromatic heterocycles. The van der Waals surface area contributed by atoms with Crippen LogP contribution in [-0.4, -0.2) is 49.7 Å². The van der Waals surface area contributed by atoms with Gasteiger partial charge in [0.1, 0.15) is 6.61 Å². The number of nitrogens with zero attached hydrogens (tertiary/aromatic N) is 5. The summed E-state index contributed by atoms with van der Waals surface area (Å²) in [6, 6.07) is 0.294. The molecule has 1 rings (SSSR count). The third-order valence-corrected chi connectivity index (χ3v) is 1.87. The summed E-state index contributed by atoms with van der Waals surface area (Å²) < 4.78 is 5.37. The minimum Gasteiger partial charge on any atom is -0.462 e. The maximum absolute atomic E-state index is 5.37. The van der Waals surface area contributed by atoms with E-state index in [0.717, 1.165) is 0 Å². The summed E-state index contributed by atoms with van der Waals surface area (Å²) in [4.78, 5) is 16.2. The van der Waals surface area contributed by atoms with E-state index in [9.17, 15) is 0 Å². The molecule has 0 N–H and O–H groups in total. The smallest absolute Gasteiger partial charge is 0.323 e. The second kappa shape index (κ2) is 5.89. The fourth-order valence-electron chi connectivity index (χ4n) is 1.00. The zero-order valence-corrected chi connectivity index (χ0v) is 10.6. The van der Waals surface area contributed by atoms with Crippen LogP contribution < -0.4 is 14.5 Å². The molecule has 6 nitrogen and oxygen atoms in total. The summed E-state index contributed by atoms with van der Waals surface area (Å²) in [6.07, 6.45) is 5.68. The first-order chi connectivity index (χ1) is 8.04. The lowest BCUT2D eigenvalue weighted by Gasteiger charge is -2.15. The Morgan fingerprint density at radius 3 is 2.00 bits per heavy atom. The molecule has 0 spiro atoms. The highest BCUT2D eigenvalue weighted by molar-refractivity contribution is 5.37. The van der Waals surface area contributed by atoms with E-state index in [2.05, 4.69) is 20.9 Å². The van der Waals surface area contributed by atoms with Gasteiger partial charge >= 0.3 is 6.01 Å². The van der Waals surface area contributed by atoms with E-state index in [0.29, 0.717) is 30.9 Å². The molecule has 6 heteroatoms. The van der Waals surface area contributed by atoms with Gasteiger partial charge in [-0.1, -0.05) is 0 Å². The maximum atomic E-state index is 5.37. The fraction of sp³-hybridized carbons (Fsp3) is 0.545. The molecule has 0 radical (unpaired) electrons. The van der Waals surface area contributed by atoms with Gasteiger partial charge in [-0.05, 0) is 0 Å². The first-order valence-electron chi connectivity index (χ1n) is 5.21. The minimum atomic E-state index is 0.294. The molecular formula is C11H17N5O. The Morgan fingerprint density at radius 1 is 1.06 bits per heavy atom. The number of hydrogen-bond acceptors (Lipinski definition) is 6. The van der Waals surface area contributed by atoms with Crippen molar-refractivity contribution in [1.82, 2.24) is 15.0 Å². The lowest BCUT2D eigenvalue weighted by molar-refractivity contribution is 0.300. The molecule has 0 saturated heterocycles. The number of rotatable bonds is 5. The summed E-state index contributed by atoms with van der Waals surface area (Å²) in [7, 11) is 7.44. The minimum absolute atomic E-state index is 0.294. The van der Waals surface area contributed by atoms with Gasteiger partial charge in [-0.25, -0.2) is 0 Å². The average Bonchev–Trinajstić information content (AvgIpc) is 2.29. The number of terminal acetylenes is 1. The monoisotopic (exact) mass is 235 g/mol. The number of anilines is 2. The Morgan fingerprint density at radius 2 is 1.59 bits per heavy atom. The SMILES string of the molecule is C#CCCOc1nc(N(C)C)nc(N(C)C)n1. The highest BCUT2D eigenvalue weighted by Crippen LogP contribution is 2.14. The summed E-state index contributed by atoms with van der Waals surface area (Å²) in [5, 5.41) is 0. The molecule has 17 heavy (non-hydrogen) atoms. The van der Waals surface area contributed by atoms with Gasteiger partial charge in [0, 0.05) is 34.6 Å². The van der Waals surface area contributed by atoms with Crippen LogP contribution in [-0.2, 0) is 0 Å². The second-order valence-electron chi connectivity index (χ2n) is 3.81. The lowest BCUT2D eigenvalue weighted by Crippen LogP contribution is -2.19. The summed E-state index contributed by atoms with van der Waals surface area (Å²) >= 11 is 0.